The molecule has 0 heterocycles. The van der Waals surface area contributed by atoms with Gasteiger partial charge in [0.25, 0.3) is 0 Å². The number of rotatable bonds is 2. The highest BCUT2D eigenvalue weighted by Gasteiger charge is 2.48. The predicted molar refractivity (Wildman–Crippen MR) is 64.3 cm³/mol. The molecule has 3 heteroatoms. The van der Waals surface area contributed by atoms with Gasteiger partial charge < -0.3 is 0 Å². The van der Waals surface area contributed by atoms with Gasteiger partial charge in [0, 0.05) is 0 Å². The van der Waals surface area contributed by atoms with Gasteiger partial charge in [-0.1, -0.05) is 32.0 Å². The van der Waals surface area contributed by atoms with E-state index in [1.54, 1.807) is 18.2 Å². The molecule has 0 aliphatic heterocycles. The van der Waals surface area contributed by atoms with Crippen LogP contribution in [0.4, 0.5) is 13.2 Å². The SMILES string of the molecule is Cc1ccc(C(C)(C)C(F)(F)F)cc1C(C)C. The zero-order chi connectivity index (χ0) is 13.4. The average molecular weight is 244 g/mol. The van der Waals surface area contributed by atoms with Crippen LogP contribution in [0.5, 0.6) is 0 Å². The number of hydrogen-bond acceptors (Lipinski definition) is 0. The van der Waals surface area contributed by atoms with Gasteiger partial charge in [-0.15, -0.1) is 0 Å². The fraction of sp³-hybridized carbons (Fsp3) is 0.571. The summed E-state index contributed by atoms with van der Waals surface area (Å²) in [5, 5.41) is 0. The quantitative estimate of drug-likeness (QED) is 0.689. The Morgan fingerprint density at radius 3 is 2.00 bits per heavy atom. The first-order chi connectivity index (χ1) is 7.57. The van der Waals surface area contributed by atoms with Gasteiger partial charge in [0.2, 0.25) is 0 Å². The van der Waals surface area contributed by atoms with Crippen LogP contribution in [0.25, 0.3) is 0 Å². The van der Waals surface area contributed by atoms with Crippen LogP contribution >= 0.6 is 0 Å². The van der Waals surface area contributed by atoms with Gasteiger partial charge in [0.15, 0.2) is 0 Å². The van der Waals surface area contributed by atoms with Crippen molar-refractivity contribution in [1.82, 2.24) is 0 Å². The summed E-state index contributed by atoms with van der Waals surface area (Å²) in [6.45, 7) is 8.36. The molecule has 1 aromatic carbocycles. The van der Waals surface area contributed by atoms with Crippen LogP contribution in [0.3, 0.4) is 0 Å². The van der Waals surface area contributed by atoms with E-state index >= 15 is 0 Å². The molecule has 0 saturated carbocycles. The molecular formula is C14H19F3. The minimum atomic E-state index is -4.23. The Hall–Kier alpha value is -0.990. The Balaban J connectivity index is 3.30. The Kier molecular flexibility index (Phi) is 3.60. The van der Waals surface area contributed by atoms with Crippen LogP contribution < -0.4 is 0 Å². The fourth-order valence-electron chi connectivity index (χ4n) is 1.81. The minimum Gasteiger partial charge on any atom is -0.170 e. The van der Waals surface area contributed by atoms with Crippen LogP contribution in [0.15, 0.2) is 18.2 Å². The maximum atomic E-state index is 13.0. The van der Waals surface area contributed by atoms with Gasteiger partial charge in [0.1, 0.15) is 0 Å². The van der Waals surface area contributed by atoms with Gasteiger partial charge >= 0.3 is 6.18 Å². The topological polar surface area (TPSA) is 0 Å². The Bertz CT molecular complexity index is 400. The zero-order valence-electron chi connectivity index (χ0n) is 10.9. The number of hydrogen-bond donors (Lipinski definition) is 0. The maximum Gasteiger partial charge on any atom is 0.397 e. The monoisotopic (exact) mass is 244 g/mol. The molecule has 0 radical (unpaired) electrons. The summed E-state index contributed by atoms with van der Waals surface area (Å²) in [6.07, 6.45) is -4.23. The third-order valence-corrected chi connectivity index (χ3v) is 3.33. The van der Waals surface area contributed by atoms with Crippen molar-refractivity contribution in [2.75, 3.05) is 0 Å². The smallest absolute Gasteiger partial charge is 0.170 e. The summed E-state index contributed by atoms with van der Waals surface area (Å²) >= 11 is 0. The van der Waals surface area contributed by atoms with Crippen LogP contribution in [-0.4, -0.2) is 6.18 Å². The van der Waals surface area contributed by atoms with E-state index in [0.717, 1.165) is 11.1 Å². The summed E-state index contributed by atoms with van der Waals surface area (Å²) in [7, 11) is 0. The summed E-state index contributed by atoms with van der Waals surface area (Å²) in [5.74, 6) is 0.235. The summed E-state index contributed by atoms with van der Waals surface area (Å²) in [4.78, 5) is 0. The number of halogens is 3. The van der Waals surface area contributed by atoms with Crippen molar-refractivity contribution in [3.8, 4) is 0 Å². The second kappa shape index (κ2) is 4.35. The third-order valence-electron chi connectivity index (χ3n) is 3.33. The molecule has 0 aromatic heterocycles. The van der Waals surface area contributed by atoms with Gasteiger partial charge in [-0.05, 0) is 43.4 Å². The molecule has 17 heavy (non-hydrogen) atoms. The Morgan fingerprint density at radius 1 is 1.06 bits per heavy atom. The number of benzene rings is 1. The van der Waals surface area contributed by atoms with Crippen LogP contribution in [0.2, 0.25) is 0 Å². The van der Waals surface area contributed by atoms with E-state index < -0.39 is 11.6 Å². The molecule has 0 aliphatic carbocycles. The molecule has 0 unspecified atom stereocenters. The van der Waals surface area contributed by atoms with E-state index in [2.05, 4.69) is 0 Å². The highest BCUT2D eigenvalue weighted by Crippen LogP contribution is 2.41. The minimum absolute atomic E-state index is 0.235. The Labute approximate surface area is 101 Å². The lowest BCUT2D eigenvalue weighted by atomic mass is 9.81. The molecule has 1 rings (SSSR count). The zero-order valence-corrected chi connectivity index (χ0v) is 10.9. The first-order valence-corrected chi connectivity index (χ1v) is 5.75. The van der Waals surface area contributed by atoms with Crippen molar-refractivity contribution in [2.45, 2.75) is 52.1 Å². The summed E-state index contributed by atoms with van der Waals surface area (Å²) < 4.78 is 38.9. The molecule has 0 amide bonds. The lowest BCUT2D eigenvalue weighted by Gasteiger charge is -2.29. The van der Waals surface area contributed by atoms with E-state index in [1.165, 1.54) is 13.8 Å². The highest BCUT2D eigenvalue weighted by molar-refractivity contribution is 5.37. The molecule has 1 aromatic rings. The first-order valence-electron chi connectivity index (χ1n) is 5.75. The molecule has 0 aliphatic rings. The molecule has 0 fully saturated rings. The van der Waals surface area contributed by atoms with Crippen LogP contribution in [0.1, 0.15) is 50.3 Å². The summed E-state index contributed by atoms with van der Waals surface area (Å²) in [6, 6.07) is 5.04. The average Bonchev–Trinajstić information content (AvgIpc) is 2.15. The third kappa shape index (κ3) is 2.64. The molecule has 0 N–H and O–H groups in total. The highest BCUT2D eigenvalue weighted by atomic mass is 19.4. The summed E-state index contributed by atoms with van der Waals surface area (Å²) in [5.41, 5.74) is 0.561. The van der Waals surface area contributed by atoms with Crippen molar-refractivity contribution in [3.05, 3.63) is 34.9 Å². The van der Waals surface area contributed by atoms with Crippen LogP contribution in [0, 0.1) is 6.92 Å². The lowest BCUT2D eigenvalue weighted by molar-refractivity contribution is -0.180. The van der Waals surface area contributed by atoms with Gasteiger partial charge in [-0.2, -0.15) is 13.2 Å². The van der Waals surface area contributed by atoms with Gasteiger partial charge in [-0.3, -0.25) is 0 Å². The van der Waals surface area contributed by atoms with Crippen molar-refractivity contribution in [2.24, 2.45) is 0 Å². The van der Waals surface area contributed by atoms with E-state index in [4.69, 9.17) is 0 Å². The fourth-order valence-corrected chi connectivity index (χ4v) is 1.81. The predicted octanol–water partition coefficient (Wildman–Crippen LogP) is 4.96. The molecule has 0 bridgehead atoms. The van der Waals surface area contributed by atoms with Crippen molar-refractivity contribution in [1.29, 1.82) is 0 Å². The standard InChI is InChI=1S/C14H19F3/c1-9(2)12-8-11(7-6-10(12)3)13(4,5)14(15,16)17/h6-9H,1-5H3. The van der Waals surface area contributed by atoms with Crippen LogP contribution in [-0.2, 0) is 5.41 Å². The van der Waals surface area contributed by atoms with Crippen molar-refractivity contribution >= 4 is 0 Å². The van der Waals surface area contributed by atoms with Crippen molar-refractivity contribution < 1.29 is 13.2 Å². The normalized spacial score (nSPS) is 13.2. The second-order valence-corrected chi connectivity index (χ2v) is 5.35. The molecule has 0 saturated heterocycles. The van der Waals surface area contributed by atoms with Crippen molar-refractivity contribution in [3.63, 3.8) is 0 Å². The first kappa shape index (κ1) is 14.1. The van der Waals surface area contributed by atoms with E-state index in [9.17, 15) is 13.2 Å². The molecule has 96 valence electrons. The molecule has 0 nitrogen and oxygen atoms in total. The Morgan fingerprint density at radius 2 is 1.59 bits per heavy atom. The number of alkyl halides is 3. The van der Waals surface area contributed by atoms with E-state index in [1.807, 2.05) is 20.8 Å². The van der Waals surface area contributed by atoms with E-state index in [-0.39, 0.29) is 5.92 Å². The molecule has 0 spiro atoms. The van der Waals surface area contributed by atoms with E-state index in [0.29, 0.717) is 5.56 Å². The molecular weight excluding hydrogens is 225 g/mol. The largest absolute Gasteiger partial charge is 0.397 e. The maximum absolute atomic E-state index is 13.0. The second-order valence-electron chi connectivity index (χ2n) is 5.35. The van der Waals surface area contributed by atoms with Gasteiger partial charge in [-0.25, -0.2) is 0 Å². The lowest BCUT2D eigenvalue weighted by Crippen LogP contribution is -2.36. The number of aryl methyl sites for hydroxylation is 1. The van der Waals surface area contributed by atoms with Gasteiger partial charge in [0.05, 0.1) is 5.41 Å². The molecule has 0 atom stereocenters.